The van der Waals surface area contributed by atoms with E-state index in [2.05, 4.69) is 0 Å². The second kappa shape index (κ2) is 5.35. The summed E-state index contributed by atoms with van der Waals surface area (Å²) in [6.07, 6.45) is 0.0405. The molecule has 0 amide bonds. The second-order valence-electron chi connectivity index (χ2n) is 3.18. The molecule has 2 nitrogen and oxygen atoms in total. The molecule has 1 N–H and O–H groups in total. The molecule has 1 aromatic carbocycles. The van der Waals surface area contributed by atoms with E-state index in [-0.39, 0.29) is 6.10 Å². The summed E-state index contributed by atoms with van der Waals surface area (Å²) in [7, 11) is 1.60. The Morgan fingerprint density at radius 1 is 1.36 bits per heavy atom. The fourth-order valence-corrected chi connectivity index (χ4v) is 1.52. The number of aliphatic hydroxyl groups excluding tert-OH is 1. The van der Waals surface area contributed by atoms with E-state index in [1.807, 2.05) is 19.1 Å². The van der Waals surface area contributed by atoms with Gasteiger partial charge >= 0.3 is 0 Å². The van der Waals surface area contributed by atoms with E-state index < -0.39 is 6.10 Å². The minimum absolute atomic E-state index is 0.156. The topological polar surface area (TPSA) is 29.5 Å². The molecule has 0 aliphatic heterocycles. The van der Waals surface area contributed by atoms with Crippen molar-refractivity contribution in [1.29, 1.82) is 0 Å². The predicted octanol–water partition coefficient (Wildman–Crippen LogP) is 2.80. The zero-order valence-corrected chi connectivity index (χ0v) is 9.16. The van der Waals surface area contributed by atoms with Gasteiger partial charge in [-0.15, -0.1) is 0 Å². The molecule has 0 radical (unpaired) electrons. The molecule has 0 heterocycles. The Labute approximate surface area is 89.5 Å². The van der Waals surface area contributed by atoms with Gasteiger partial charge in [-0.1, -0.05) is 30.7 Å². The van der Waals surface area contributed by atoms with Crippen LogP contribution in [0.1, 0.15) is 25.0 Å². The van der Waals surface area contributed by atoms with E-state index >= 15 is 0 Å². The summed E-state index contributed by atoms with van der Waals surface area (Å²) in [6, 6.07) is 7.16. The Hall–Kier alpha value is -0.570. The normalized spacial score (nSPS) is 15.1. The van der Waals surface area contributed by atoms with E-state index in [9.17, 15) is 5.11 Å². The number of aliphatic hydroxyl groups is 1. The number of benzene rings is 1. The van der Waals surface area contributed by atoms with E-state index in [0.717, 1.165) is 12.0 Å². The monoisotopic (exact) mass is 214 g/mol. The van der Waals surface area contributed by atoms with Crippen molar-refractivity contribution in [1.82, 2.24) is 0 Å². The van der Waals surface area contributed by atoms with Crippen molar-refractivity contribution in [3.05, 3.63) is 34.9 Å². The first-order valence-corrected chi connectivity index (χ1v) is 5.03. The van der Waals surface area contributed by atoms with E-state index in [1.54, 1.807) is 19.2 Å². The first-order valence-electron chi connectivity index (χ1n) is 4.65. The number of hydrogen-bond donors (Lipinski definition) is 1. The number of hydrogen-bond acceptors (Lipinski definition) is 2. The van der Waals surface area contributed by atoms with Crippen LogP contribution in [0.5, 0.6) is 0 Å². The van der Waals surface area contributed by atoms with Crippen LogP contribution in [0.3, 0.4) is 0 Å². The maximum atomic E-state index is 9.90. The molecule has 2 atom stereocenters. The smallest absolute Gasteiger partial charge is 0.105 e. The van der Waals surface area contributed by atoms with Crippen LogP contribution in [-0.2, 0) is 4.74 Å². The summed E-state index contributed by atoms with van der Waals surface area (Å²) in [6.45, 7) is 1.98. The zero-order chi connectivity index (χ0) is 10.6. The number of methoxy groups -OCH3 is 1. The van der Waals surface area contributed by atoms with Gasteiger partial charge in [0.2, 0.25) is 0 Å². The molecule has 0 aliphatic rings. The van der Waals surface area contributed by atoms with Crippen molar-refractivity contribution in [2.45, 2.75) is 25.6 Å². The first-order chi connectivity index (χ1) is 6.69. The van der Waals surface area contributed by atoms with Gasteiger partial charge in [-0.3, -0.25) is 0 Å². The van der Waals surface area contributed by atoms with Crippen LogP contribution in [0.15, 0.2) is 24.3 Å². The Bertz CT molecular complexity index is 267. The average molecular weight is 215 g/mol. The molecule has 0 bridgehead atoms. The highest BCUT2D eigenvalue weighted by Gasteiger charge is 2.18. The van der Waals surface area contributed by atoms with E-state index in [0.29, 0.717) is 5.02 Å². The van der Waals surface area contributed by atoms with Crippen molar-refractivity contribution in [3.63, 3.8) is 0 Å². The molecule has 2 unspecified atom stereocenters. The number of ether oxygens (including phenoxy) is 1. The molecule has 3 heteroatoms. The molecule has 78 valence electrons. The van der Waals surface area contributed by atoms with Gasteiger partial charge < -0.3 is 9.84 Å². The van der Waals surface area contributed by atoms with Crippen molar-refractivity contribution in [2.75, 3.05) is 7.11 Å². The molecular weight excluding hydrogens is 200 g/mol. The van der Waals surface area contributed by atoms with Gasteiger partial charge in [-0.2, -0.15) is 0 Å². The average Bonchev–Trinajstić information content (AvgIpc) is 2.20. The zero-order valence-electron chi connectivity index (χ0n) is 8.40. The van der Waals surface area contributed by atoms with Gasteiger partial charge in [0.15, 0.2) is 0 Å². The minimum atomic E-state index is -0.581. The third kappa shape index (κ3) is 2.71. The summed E-state index contributed by atoms with van der Waals surface area (Å²) in [4.78, 5) is 0. The Balaban J connectivity index is 2.77. The van der Waals surface area contributed by atoms with Crippen LogP contribution in [0.2, 0.25) is 5.02 Å². The maximum Gasteiger partial charge on any atom is 0.105 e. The summed E-state index contributed by atoms with van der Waals surface area (Å²) < 4.78 is 5.16. The predicted molar refractivity (Wildman–Crippen MR) is 57.5 cm³/mol. The molecule has 1 aromatic rings. The Kier molecular flexibility index (Phi) is 4.39. The quantitative estimate of drug-likeness (QED) is 0.835. The Morgan fingerprint density at radius 2 is 1.93 bits per heavy atom. The van der Waals surface area contributed by atoms with E-state index in [4.69, 9.17) is 16.3 Å². The lowest BCUT2D eigenvalue weighted by molar-refractivity contribution is -0.0148. The SMILES string of the molecule is CCC(OC)C(O)c1ccc(Cl)cc1. The first kappa shape index (κ1) is 11.5. The van der Waals surface area contributed by atoms with Crippen LogP contribution >= 0.6 is 11.6 Å². The van der Waals surface area contributed by atoms with Crippen LogP contribution in [-0.4, -0.2) is 18.3 Å². The lowest BCUT2D eigenvalue weighted by atomic mass is 10.0. The fraction of sp³-hybridized carbons (Fsp3) is 0.455. The lowest BCUT2D eigenvalue weighted by Gasteiger charge is -2.20. The third-order valence-electron chi connectivity index (χ3n) is 2.27. The van der Waals surface area contributed by atoms with Gasteiger partial charge in [-0.25, -0.2) is 0 Å². The van der Waals surface area contributed by atoms with Gasteiger partial charge in [0, 0.05) is 12.1 Å². The molecule has 0 saturated heterocycles. The molecule has 0 fully saturated rings. The maximum absolute atomic E-state index is 9.90. The second-order valence-corrected chi connectivity index (χ2v) is 3.62. The lowest BCUT2D eigenvalue weighted by Crippen LogP contribution is -2.19. The summed E-state index contributed by atoms with van der Waals surface area (Å²) >= 11 is 5.75. The molecule has 0 saturated carbocycles. The van der Waals surface area contributed by atoms with Crippen LogP contribution in [0.25, 0.3) is 0 Å². The van der Waals surface area contributed by atoms with Crippen LogP contribution < -0.4 is 0 Å². The van der Waals surface area contributed by atoms with Gasteiger partial charge in [0.1, 0.15) is 6.10 Å². The Morgan fingerprint density at radius 3 is 2.36 bits per heavy atom. The van der Waals surface area contributed by atoms with Crippen molar-refractivity contribution in [3.8, 4) is 0 Å². The van der Waals surface area contributed by atoms with Crippen molar-refractivity contribution < 1.29 is 9.84 Å². The minimum Gasteiger partial charge on any atom is -0.386 e. The molecule has 1 rings (SSSR count). The third-order valence-corrected chi connectivity index (χ3v) is 2.52. The van der Waals surface area contributed by atoms with Crippen molar-refractivity contribution >= 4 is 11.6 Å². The van der Waals surface area contributed by atoms with E-state index in [1.165, 1.54) is 0 Å². The standard InChI is InChI=1S/C11H15ClO2/c1-3-10(14-2)11(13)8-4-6-9(12)7-5-8/h4-7,10-11,13H,3H2,1-2H3. The van der Waals surface area contributed by atoms with Crippen LogP contribution in [0, 0.1) is 0 Å². The van der Waals surface area contributed by atoms with Gasteiger partial charge in [-0.05, 0) is 24.1 Å². The fourth-order valence-electron chi connectivity index (χ4n) is 1.39. The molecule has 14 heavy (non-hydrogen) atoms. The highest BCUT2D eigenvalue weighted by Crippen LogP contribution is 2.22. The highest BCUT2D eigenvalue weighted by atomic mass is 35.5. The van der Waals surface area contributed by atoms with Crippen LogP contribution in [0.4, 0.5) is 0 Å². The number of halogens is 1. The highest BCUT2D eigenvalue weighted by molar-refractivity contribution is 6.30. The molecule has 0 spiro atoms. The van der Waals surface area contributed by atoms with Gasteiger partial charge in [0.05, 0.1) is 6.10 Å². The summed E-state index contributed by atoms with van der Waals surface area (Å²) in [5.74, 6) is 0. The molecule has 0 aliphatic carbocycles. The molecular formula is C11H15ClO2. The summed E-state index contributed by atoms with van der Waals surface area (Å²) in [5, 5.41) is 10.6. The van der Waals surface area contributed by atoms with Gasteiger partial charge in [0.25, 0.3) is 0 Å². The number of rotatable bonds is 4. The van der Waals surface area contributed by atoms with Crippen molar-refractivity contribution in [2.24, 2.45) is 0 Å². The molecule has 0 aromatic heterocycles. The summed E-state index contributed by atoms with van der Waals surface area (Å²) in [5.41, 5.74) is 0.836. The largest absolute Gasteiger partial charge is 0.386 e.